The molecule has 0 aliphatic rings. The summed E-state index contributed by atoms with van der Waals surface area (Å²) in [4.78, 5) is 15.1. The first-order valence-corrected chi connectivity index (χ1v) is 10.7. The maximum Gasteiger partial charge on any atom is 0.318 e. The highest BCUT2D eigenvalue weighted by atomic mass is 32.2. The van der Waals surface area contributed by atoms with Gasteiger partial charge in [-0.05, 0) is 42.7 Å². The lowest BCUT2D eigenvalue weighted by Crippen LogP contribution is -2.18. The first kappa shape index (κ1) is 19.8. The molecular weight excluding hydrogens is 378 g/mol. The van der Waals surface area contributed by atoms with Crippen LogP contribution in [0.5, 0.6) is 5.75 Å². The molecule has 3 aromatic rings. The molecule has 0 amide bonds. The van der Waals surface area contributed by atoms with Crippen molar-refractivity contribution in [3.63, 3.8) is 0 Å². The van der Waals surface area contributed by atoms with Crippen LogP contribution in [0.1, 0.15) is 17.7 Å². The van der Waals surface area contributed by atoms with E-state index in [0.717, 1.165) is 22.2 Å². The van der Waals surface area contributed by atoms with Crippen LogP contribution in [0.4, 0.5) is 0 Å². The standard InChI is InChI=1S/C21H21NO5S/c23-21(24)15-28(25,26)12-4-6-16-5-3-8-19(13-16)27-14-18-11-10-17-7-1-2-9-20(17)22-18/h1-3,5,7-11,13H,4,6,12,14-15H2,(H,23,24). The lowest BCUT2D eigenvalue weighted by Gasteiger charge is -2.09. The van der Waals surface area contributed by atoms with Crippen molar-refractivity contribution in [1.29, 1.82) is 0 Å². The first-order valence-electron chi connectivity index (χ1n) is 8.90. The Labute approximate surface area is 163 Å². The fraction of sp³-hybridized carbons (Fsp3) is 0.238. The molecular formula is C21H21NO5S. The highest BCUT2D eigenvalue weighted by molar-refractivity contribution is 7.92. The minimum absolute atomic E-state index is 0.147. The molecule has 0 radical (unpaired) electrons. The van der Waals surface area contributed by atoms with E-state index in [2.05, 4.69) is 4.98 Å². The zero-order chi connectivity index (χ0) is 20.0. The van der Waals surface area contributed by atoms with E-state index < -0.39 is 21.6 Å². The van der Waals surface area contributed by atoms with Gasteiger partial charge in [0.25, 0.3) is 0 Å². The average molecular weight is 399 g/mol. The number of carbonyl (C=O) groups is 1. The summed E-state index contributed by atoms with van der Waals surface area (Å²) in [5.41, 5.74) is 2.68. The highest BCUT2D eigenvalue weighted by Crippen LogP contribution is 2.18. The molecule has 146 valence electrons. The van der Waals surface area contributed by atoms with Crippen LogP contribution in [0.2, 0.25) is 0 Å². The van der Waals surface area contributed by atoms with Crippen molar-refractivity contribution in [3.8, 4) is 5.75 Å². The van der Waals surface area contributed by atoms with Gasteiger partial charge in [0.1, 0.15) is 18.1 Å². The van der Waals surface area contributed by atoms with E-state index in [1.807, 2.05) is 60.7 Å². The van der Waals surface area contributed by atoms with Crippen LogP contribution in [0, 0.1) is 0 Å². The zero-order valence-electron chi connectivity index (χ0n) is 15.2. The minimum Gasteiger partial charge on any atom is -0.487 e. The summed E-state index contributed by atoms with van der Waals surface area (Å²) >= 11 is 0. The molecule has 0 aliphatic carbocycles. The molecule has 0 unspecified atom stereocenters. The Balaban J connectivity index is 1.56. The van der Waals surface area contributed by atoms with Crippen molar-refractivity contribution < 1.29 is 23.1 Å². The highest BCUT2D eigenvalue weighted by Gasteiger charge is 2.15. The maximum atomic E-state index is 11.6. The molecule has 0 saturated carbocycles. The lowest BCUT2D eigenvalue weighted by molar-refractivity contribution is -0.134. The molecule has 0 aliphatic heterocycles. The Morgan fingerprint density at radius 1 is 1.04 bits per heavy atom. The van der Waals surface area contributed by atoms with E-state index in [0.29, 0.717) is 25.2 Å². The first-order chi connectivity index (χ1) is 13.4. The average Bonchev–Trinajstić information content (AvgIpc) is 2.65. The van der Waals surface area contributed by atoms with Gasteiger partial charge in [-0.15, -0.1) is 0 Å². The number of fused-ring (bicyclic) bond motifs is 1. The number of aliphatic carboxylic acids is 1. The second-order valence-electron chi connectivity index (χ2n) is 6.52. The van der Waals surface area contributed by atoms with Crippen molar-refractivity contribution in [2.24, 2.45) is 0 Å². The summed E-state index contributed by atoms with van der Waals surface area (Å²) in [6, 6.07) is 19.3. The topological polar surface area (TPSA) is 93.6 Å². The molecule has 3 rings (SSSR count). The van der Waals surface area contributed by atoms with E-state index in [4.69, 9.17) is 9.84 Å². The molecule has 0 fully saturated rings. The molecule has 0 bridgehead atoms. The van der Waals surface area contributed by atoms with E-state index in [-0.39, 0.29) is 5.75 Å². The van der Waals surface area contributed by atoms with Crippen LogP contribution in [-0.2, 0) is 27.7 Å². The van der Waals surface area contributed by atoms with Gasteiger partial charge >= 0.3 is 5.97 Å². The second kappa shape index (κ2) is 8.84. The molecule has 1 aromatic heterocycles. The number of nitrogens with zero attached hydrogens (tertiary/aromatic N) is 1. The zero-order valence-corrected chi connectivity index (χ0v) is 16.1. The van der Waals surface area contributed by atoms with E-state index in [9.17, 15) is 13.2 Å². The number of carboxylic acids is 1. The number of carboxylic acid groups (broad SMARTS) is 1. The number of pyridine rings is 1. The molecule has 0 atom stereocenters. The molecule has 1 heterocycles. The van der Waals surface area contributed by atoms with Gasteiger partial charge in [0.05, 0.1) is 17.0 Å². The third kappa shape index (κ3) is 5.79. The van der Waals surface area contributed by atoms with Gasteiger partial charge in [-0.1, -0.05) is 36.4 Å². The summed E-state index contributed by atoms with van der Waals surface area (Å²) in [5, 5.41) is 9.69. The predicted octanol–water partition coefficient (Wildman–Crippen LogP) is 3.25. The number of rotatable bonds is 9. The van der Waals surface area contributed by atoms with Gasteiger partial charge < -0.3 is 9.84 Å². The van der Waals surface area contributed by atoms with Gasteiger partial charge in [0.2, 0.25) is 0 Å². The SMILES string of the molecule is O=C(O)CS(=O)(=O)CCCc1cccc(OCc2ccc3ccccc3n2)c1. The Morgan fingerprint density at radius 3 is 2.68 bits per heavy atom. The van der Waals surface area contributed by atoms with E-state index >= 15 is 0 Å². The molecule has 1 N–H and O–H groups in total. The number of hydrogen-bond donors (Lipinski definition) is 1. The monoisotopic (exact) mass is 399 g/mol. The molecule has 2 aromatic carbocycles. The van der Waals surface area contributed by atoms with Gasteiger partial charge in [-0.2, -0.15) is 0 Å². The molecule has 7 heteroatoms. The lowest BCUT2D eigenvalue weighted by atomic mass is 10.1. The van der Waals surface area contributed by atoms with Gasteiger partial charge in [-0.25, -0.2) is 13.4 Å². The van der Waals surface area contributed by atoms with Crippen LogP contribution in [0.3, 0.4) is 0 Å². The van der Waals surface area contributed by atoms with E-state index in [1.165, 1.54) is 0 Å². The fourth-order valence-corrected chi connectivity index (χ4v) is 4.00. The van der Waals surface area contributed by atoms with Crippen LogP contribution < -0.4 is 4.74 Å². The summed E-state index contributed by atoms with van der Waals surface area (Å²) in [6.07, 6.45) is 0.898. The van der Waals surface area contributed by atoms with Crippen LogP contribution >= 0.6 is 0 Å². The van der Waals surface area contributed by atoms with Crippen LogP contribution in [0.15, 0.2) is 60.7 Å². The molecule has 28 heavy (non-hydrogen) atoms. The smallest absolute Gasteiger partial charge is 0.318 e. The number of aryl methyl sites for hydroxylation is 1. The van der Waals surface area contributed by atoms with Gasteiger partial charge in [-0.3, -0.25) is 4.79 Å². The number of sulfone groups is 1. The Hall–Kier alpha value is -2.93. The predicted molar refractivity (Wildman–Crippen MR) is 107 cm³/mol. The number of para-hydroxylation sites is 1. The second-order valence-corrected chi connectivity index (χ2v) is 8.70. The summed E-state index contributed by atoms with van der Waals surface area (Å²) < 4.78 is 29.1. The van der Waals surface area contributed by atoms with Crippen molar-refractivity contribution in [2.45, 2.75) is 19.4 Å². The van der Waals surface area contributed by atoms with E-state index in [1.54, 1.807) is 0 Å². The Kier molecular flexibility index (Phi) is 6.26. The number of aromatic nitrogens is 1. The number of hydrogen-bond acceptors (Lipinski definition) is 5. The van der Waals surface area contributed by atoms with Crippen LogP contribution in [-0.4, -0.2) is 36.0 Å². The van der Waals surface area contributed by atoms with Gasteiger partial charge in [0, 0.05) is 5.39 Å². The van der Waals surface area contributed by atoms with Crippen LogP contribution in [0.25, 0.3) is 10.9 Å². The van der Waals surface area contributed by atoms with Gasteiger partial charge in [0.15, 0.2) is 9.84 Å². The quantitative estimate of drug-likeness (QED) is 0.594. The largest absolute Gasteiger partial charge is 0.487 e. The molecule has 0 spiro atoms. The fourth-order valence-electron chi connectivity index (χ4n) is 2.89. The van der Waals surface area contributed by atoms with Crippen molar-refractivity contribution >= 4 is 26.7 Å². The molecule has 6 nitrogen and oxygen atoms in total. The Morgan fingerprint density at radius 2 is 1.86 bits per heavy atom. The minimum atomic E-state index is -3.56. The Bertz CT molecular complexity index is 1080. The third-order valence-electron chi connectivity index (χ3n) is 4.21. The van der Waals surface area contributed by atoms with Crippen molar-refractivity contribution in [3.05, 3.63) is 71.9 Å². The molecule has 0 saturated heterocycles. The maximum absolute atomic E-state index is 11.6. The summed E-state index contributed by atoms with van der Waals surface area (Å²) in [5.74, 6) is -1.61. The van der Waals surface area contributed by atoms with Crippen molar-refractivity contribution in [1.82, 2.24) is 4.98 Å². The summed E-state index contributed by atoms with van der Waals surface area (Å²) in [7, 11) is -3.56. The summed E-state index contributed by atoms with van der Waals surface area (Å²) in [6.45, 7) is 0.335. The number of ether oxygens (including phenoxy) is 1. The van der Waals surface area contributed by atoms with Crippen molar-refractivity contribution in [2.75, 3.05) is 11.5 Å². The third-order valence-corrected chi connectivity index (χ3v) is 5.80. The number of benzene rings is 2. The normalized spacial score (nSPS) is 11.4.